The molecule has 0 aromatic carbocycles. The SMILES string of the molecule is CNC(=O)[C@@H]1CCCN1C1=CCN(C(=NCC(=O)O)NC(=O)[C@H](C)N)C(C2CCCCC2)C1. The smallest absolute Gasteiger partial charge is 0.325 e. The van der Waals surface area contributed by atoms with E-state index in [1.165, 1.54) is 6.42 Å². The molecule has 3 rings (SSSR count). The van der Waals surface area contributed by atoms with Gasteiger partial charge in [-0.3, -0.25) is 19.7 Å². The molecule has 10 nitrogen and oxygen atoms in total. The van der Waals surface area contributed by atoms with E-state index in [0.29, 0.717) is 12.5 Å². The first-order valence-corrected chi connectivity index (χ1v) is 12.1. The van der Waals surface area contributed by atoms with Crippen LogP contribution in [0.1, 0.15) is 58.3 Å². The molecule has 2 amide bonds. The Morgan fingerprint density at radius 2 is 1.94 bits per heavy atom. The number of nitrogens with two attached hydrogens (primary N) is 1. The first-order chi connectivity index (χ1) is 15.8. The van der Waals surface area contributed by atoms with E-state index >= 15 is 0 Å². The van der Waals surface area contributed by atoms with Gasteiger partial charge in [0.05, 0.1) is 6.04 Å². The molecule has 0 spiro atoms. The molecule has 0 aromatic rings. The van der Waals surface area contributed by atoms with Crippen LogP contribution in [0.25, 0.3) is 0 Å². The third-order valence-electron chi connectivity index (χ3n) is 6.99. The lowest BCUT2D eigenvalue weighted by Crippen LogP contribution is -2.56. The molecule has 3 aliphatic rings. The average molecular weight is 463 g/mol. The van der Waals surface area contributed by atoms with Crippen LogP contribution in [0.5, 0.6) is 0 Å². The van der Waals surface area contributed by atoms with Crippen molar-refractivity contribution in [3.63, 3.8) is 0 Å². The van der Waals surface area contributed by atoms with Crippen molar-refractivity contribution in [2.24, 2.45) is 16.6 Å². The van der Waals surface area contributed by atoms with Crippen LogP contribution < -0.4 is 16.4 Å². The fourth-order valence-corrected chi connectivity index (χ4v) is 5.28. The summed E-state index contributed by atoms with van der Waals surface area (Å²) in [5, 5.41) is 14.7. The van der Waals surface area contributed by atoms with E-state index in [0.717, 1.165) is 57.2 Å². The largest absolute Gasteiger partial charge is 0.480 e. The molecule has 0 radical (unpaired) electrons. The van der Waals surface area contributed by atoms with Gasteiger partial charge in [0.15, 0.2) is 0 Å². The summed E-state index contributed by atoms with van der Waals surface area (Å²) in [6.45, 7) is 2.50. The van der Waals surface area contributed by atoms with Gasteiger partial charge in [-0.15, -0.1) is 0 Å². The lowest BCUT2D eigenvalue weighted by molar-refractivity contribution is -0.135. The molecule has 1 saturated heterocycles. The number of nitrogens with zero attached hydrogens (tertiary/aromatic N) is 3. The molecule has 0 bridgehead atoms. The van der Waals surface area contributed by atoms with E-state index in [4.69, 9.17) is 5.73 Å². The van der Waals surface area contributed by atoms with Gasteiger partial charge in [-0.05, 0) is 44.6 Å². The fraction of sp³-hybridized carbons (Fsp3) is 0.739. The Labute approximate surface area is 195 Å². The van der Waals surface area contributed by atoms with Crippen LogP contribution in [0.2, 0.25) is 0 Å². The molecule has 10 heteroatoms. The molecule has 5 N–H and O–H groups in total. The number of hydrogen-bond acceptors (Lipinski definition) is 6. The van der Waals surface area contributed by atoms with Crippen LogP contribution in [0.3, 0.4) is 0 Å². The summed E-state index contributed by atoms with van der Waals surface area (Å²) in [4.78, 5) is 44.5. The quantitative estimate of drug-likeness (QED) is 0.335. The van der Waals surface area contributed by atoms with Crippen LogP contribution in [-0.2, 0) is 14.4 Å². The minimum Gasteiger partial charge on any atom is -0.480 e. The van der Waals surface area contributed by atoms with E-state index in [1.807, 2.05) is 4.90 Å². The molecule has 1 saturated carbocycles. The standard InChI is InChI=1S/C23H38N6O4/c1-15(24)21(32)27-23(26-14-20(30)31)29-12-10-17(13-19(29)16-7-4-3-5-8-16)28-11-6-9-18(28)22(33)25-2/h10,15-16,18-19H,3-9,11-14,24H2,1-2H3,(H,25,33)(H,30,31)(H,26,27,32)/t15-,18-,19?/m0/s1. The van der Waals surface area contributed by atoms with Crippen molar-refractivity contribution in [1.29, 1.82) is 0 Å². The summed E-state index contributed by atoms with van der Waals surface area (Å²) in [6.07, 6.45) is 10.3. The van der Waals surface area contributed by atoms with E-state index in [2.05, 4.69) is 26.6 Å². The Balaban J connectivity index is 1.90. The number of likely N-dealkylation sites (N-methyl/N-ethyl adjacent to an activating group) is 1. The summed E-state index contributed by atoms with van der Waals surface area (Å²) in [6, 6.07) is -0.822. The number of aliphatic carboxylic acids is 1. The summed E-state index contributed by atoms with van der Waals surface area (Å²) in [5.74, 6) is -0.732. The maximum atomic E-state index is 12.4. The van der Waals surface area contributed by atoms with Gasteiger partial charge in [0.1, 0.15) is 12.6 Å². The first kappa shape index (κ1) is 25.0. The Kier molecular flexibility index (Phi) is 8.71. The van der Waals surface area contributed by atoms with Gasteiger partial charge >= 0.3 is 5.97 Å². The van der Waals surface area contributed by atoms with Gasteiger partial charge in [0.25, 0.3) is 0 Å². The molecular formula is C23H38N6O4. The Morgan fingerprint density at radius 3 is 2.58 bits per heavy atom. The van der Waals surface area contributed by atoms with Crippen LogP contribution in [0, 0.1) is 5.92 Å². The zero-order chi connectivity index (χ0) is 24.0. The highest BCUT2D eigenvalue weighted by Gasteiger charge is 2.38. The molecule has 0 aromatic heterocycles. The summed E-state index contributed by atoms with van der Waals surface area (Å²) in [7, 11) is 1.67. The molecule has 33 heavy (non-hydrogen) atoms. The first-order valence-electron chi connectivity index (χ1n) is 12.1. The molecule has 2 heterocycles. The monoisotopic (exact) mass is 462 g/mol. The van der Waals surface area contributed by atoms with E-state index in [-0.39, 0.29) is 24.0 Å². The van der Waals surface area contributed by atoms with Gasteiger partial charge in [0, 0.05) is 38.3 Å². The zero-order valence-electron chi connectivity index (χ0n) is 19.8. The van der Waals surface area contributed by atoms with E-state index in [1.54, 1.807) is 14.0 Å². The lowest BCUT2D eigenvalue weighted by atomic mass is 9.80. The number of carboxylic acid groups (broad SMARTS) is 1. The predicted octanol–water partition coefficient (Wildman–Crippen LogP) is 0.639. The molecular weight excluding hydrogens is 424 g/mol. The number of guanidine groups is 1. The molecule has 3 atom stereocenters. The third kappa shape index (κ3) is 6.25. The normalized spacial score (nSPS) is 25.4. The molecule has 1 aliphatic carbocycles. The van der Waals surface area contributed by atoms with Crippen LogP contribution in [0.15, 0.2) is 16.8 Å². The summed E-state index contributed by atoms with van der Waals surface area (Å²) >= 11 is 0. The highest BCUT2D eigenvalue weighted by Crippen LogP contribution is 2.36. The minimum absolute atomic E-state index is 0.0398. The van der Waals surface area contributed by atoms with Crippen LogP contribution in [-0.4, -0.2) is 83.5 Å². The Bertz CT molecular complexity index is 790. The minimum atomic E-state index is -1.06. The predicted molar refractivity (Wildman–Crippen MR) is 125 cm³/mol. The van der Waals surface area contributed by atoms with Crippen molar-refractivity contribution in [3.05, 3.63) is 11.8 Å². The van der Waals surface area contributed by atoms with Crippen LogP contribution >= 0.6 is 0 Å². The molecule has 184 valence electrons. The van der Waals surface area contributed by atoms with Crippen molar-refractivity contribution in [3.8, 4) is 0 Å². The Morgan fingerprint density at radius 1 is 1.21 bits per heavy atom. The fourth-order valence-electron chi connectivity index (χ4n) is 5.28. The lowest BCUT2D eigenvalue weighted by Gasteiger charge is -2.45. The van der Waals surface area contributed by atoms with Gasteiger partial charge in [0.2, 0.25) is 17.8 Å². The number of amides is 2. The number of carbonyl (C=O) groups is 3. The topological polar surface area (TPSA) is 140 Å². The highest BCUT2D eigenvalue weighted by molar-refractivity contribution is 5.99. The zero-order valence-corrected chi connectivity index (χ0v) is 19.8. The van der Waals surface area contributed by atoms with Crippen molar-refractivity contribution < 1.29 is 19.5 Å². The van der Waals surface area contributed by atoms with Crippen molar-refractivity contribution >= 4 is 23.7 Å². The molecule has 2 fully saturated rings. The van der Waals surface area contributed by atoms with Crippen molar-refractivity contribution in [1.82, 2.24) is 20.4 Å². The number of nitrogens with one attached hydrogen (secondary N) is 2. The molecule has 1 unspecified atom stereocenters. The number of likely N-dealkylation sites (tertiary alicyclic amines) is 1. The van der Waals surface area contributed by atoms with Gasteiger partial charge in [-0.2, -0.15) is 0 Å². The second-order valence-corrected chi connectivity index (χ2v) is 9.29. The maximum Gasteiger partial charge on any atom is 0.325 e. The summed E-state index contributed by atoms with van der Waals surface area (Å²) < 4.78 is 0. The van der Waals surface area contributed by atoms with Gasteiger partial charge in [-0.1, -0.05) is 19.3 Å². The number of carbonyl (C=O) groups excluding carboxylic acids is 2. The number of carboxylic acids is 1. The number of hydrogen-bond donors (Lipinski definition) is 4. The maximum absolute atomic E-state index is 12.4. The second kappa shape index (κ2) is 11.5. The average Bonchev–Trinajstić information content (AvgIpc) is 3.31. The summed E-state index contributed by atoms with van der Waals surface area (Å²) in [5.41, 5.74) is 6.91. The van der Waals surface area contributed by atoms with Gasteiger partial charge in [-0.25, -0.2) is 4.99 Å². The van der Waals surface area contributed by atoms with Gasteiger partial charge < -0.3 is 26.0 Å². The number of rotatable bonds is 6. The van der Waals surface area contributed by atoms with E-state index in [9.17, 15) is 19.5 Å². The molecule has 2 aliphatic heterocycles. The van der Waals surface area contributed by atoms with E-state index < -0.39 is 24.5 Å². The van der Waals surface area contributed by atoms with Crippen molar-refractivity contribution in [2.75, 3.05) is 26.7 Å². The Hall–Kier alpha value is -2.62. The van der Waals surface area contributed by atoms with Crippen LogP contribution in [0.4, 0.5) is 0 Å². The number of aliphatic imine (C=N–C) groups is 1. The third-order valence-corrected chi connectivity index (χ3v) is 6.99. The highest BCUT2D eigenvalue weighted by atomic mass is 16.4. The van der Waals surface area contributed by atoms with Crippen molar-refractivity contribution in [2.45, 2.75) is 76.4 Å². The second-order valence-electron chi connectivity index (χ2n) is 9.29.